The van der Waals surface area contributed by atoms with Crippen molar-refractivity contribution in [3.63, 3.8) is 0 Å². The van der Waals surface area contributed by atoms with E-state index in [1.54, 1.807) is 6.92 Å². The quantitative estimate of drug-likeness (QED) is 0.750. The largest absolute Gasteiger partial charge is 0.451 e. The van der Waals surface area contributed by atoms with Crippen molar-refractivity contribution in [2.75, 3.05) is 0 Å². The Morgan fingerprint density at radius 2 is 1.85 bits per heavy atom. The number of ether oxygens (including phenoxy) is 2. The van der Waals surface area contributed by atoms with Gasteiger partial charge in [-0.2, -0.15) is 0 Å². The lowest BCUT2D eigenvalue weighted by Crippen LogP contribution is -2.23. The Morgan fingerprint density at radius 3 is 2.31 bits per heavy atom. The smallest absolute Gasteiger partial charge is 0.244 e. The molecule has 0 fully saturated rings. The number of aliphatic hydroxyl groups is 1. The Morgan fingerprint density at radius 1 is 1.31 bits per heavy atom. The molecular weight excluding hydrogens is 168 g/mol. The highest BCUT2D eigenvalue weighted by atomic mass is 16.7. The van der Waals surface area contributed by atoms with Crippen LogP contribution < -0.4 is 9.47 Å². The summed E-state index contributed by atoms with van der Waals surface area (Å²) in [6.45, 7) is 1.72. The summed E-state index contributed by atoms with van der Waals surface area (Å²) in [4.78, 5) is 0. The van der Waals surface area contributed by atoms with E-state index < -0.39 is 6.10 Å². The van der Waals surface area contributed by atoms with E-state index in [1.807, 2.05) is 24.3 Å². The van der Waals surface area contributed by atoms with Crippen molar-refractivity contribution in [1.29, 1.82) is 0 Å². The summed E-state index contributed by atoms with van der Waals surface area (Å²) in [7, 11) is 0. The second-order valence-corrected chi connectivity index (χ2v) is 3.20. The molecule has 0 saturated heterocycles. The Bertz CT molecular complexity index is 271. The molecule has 0 spiro atoms. The number of para-hydroxylation sites is 2. The van der Waals surface area contributed by atoms with Gasteiger partial charge in [-0.3, -0.25) is 0 Å². The average Bonchev–Trinajstić information content (AvgIpc) is 2.44. The second kappa shape index (κ2) is 3.26. The van der Waals surface area contributed by atoms with Crippen LogP contribution in [0.25, 0.3) is 0 Å². The predicted molar refractivity (Wildman–Crippen MR) is 47.8 cm³/mol. The minimum absolute atomic E-state index is 0.336. The van der Waals surface area contributed by atoms with Crippen LogP contribution >= 0.6 is 0 Å². The van der Waals surface area contributed by atoms with Crippen LogP contribution in [0.2, 0.25) is 0 Å². The lowest BCUT2D eigenvalue weighted by molar-refractivity contribution is 0.00607. The molecule has 1 N–H and O–H groups in total. The second-order valence-electron chi connectivity index (χ2n) is 3.20. The molecule has 0 radical (unpaired) electrons. The van der Waals surface area contributed by atoms with Crippen LogP contribution in [-0.2, 0) is 0 Å². The van der Waals surface area contributed by atoms with Crippen molar-refractivity contribution in [1.82, 2.24) is 0 Å². The fraction of sp³-hybridized carbons (Fsp3) is 0.400. The SMILES string of the molecule is CC(O)CC1Oc2ccccc2O1. The molecule has 1 aromatic carbocycles. The van der Waals surface area contributed by atoms with Crippen molar-refractivity contribution in [3.05, 3.63) is 24.3 Å². The summed E-state index contributed by atoms with van der Waals surface area (Å²) in [6, 6.07) is 7.51. The highest BCUT2D eigenvalue weighted by Crippen LogP contribution is 2.34. The highest BCUT2D eigenvalue weighted by molar-refractivity contribution is 5.41. The molecule has 1 aliphatic rings. The predicted octanol–water partition coefficient (Wildman–Crippen LogP) is 1.55. The Kier molecular flexibility index (Phi) is 2.10. The summed E-state index contributed by atoms with van der Waals surface area (Å²) in [5, 5.41) is 9.13. The van der Waals surface area contributed by atoms with Crippen LogP contribution in [0.3, 0.4) is 0 Å². The monoisotopic (exact) mass is 180 g/mol. The van der Waals surface area contributed by atoms with E-state index in [2.05, 4.69) is 0 Å². The van der Waals surface area contributed by atoms with Crippen molar-refractivity contribution in [2.24, 2.45) is 0 Å². The number of benzene rings is 1. The molecule has 0 bridgehead atoms. The molecule has 1 aliphatic heterocycles. The van der Waals surface area contributed by atoms with Crippen LogP contribution in [-0.4, -0.2) is 17.5 Å². The first-order valence-electron chi connectivity index (χ1n) is 4.36. The molecule has 1 aromatic rings. The van der Waals surface area contributed by atoms with Gasteiger partial charge in [-0.1, -0.05) is 12.1 Å². The highest BCUT2D eigenvalue weighted by Gasteiger charge is 2.24. The Hall–Kier alpha value is -1.22. The van der Waals surface area contributed by atoms with Gasteiger partial charge >= 0.3 is 0 Å². The van der Waals surface area contributed by atoms with Crippen LogP contribution in [0.4, 0.5) is 0 Å². The molecule has 3 heteroatoms. The zero-order chi connectivity index (χ0) is 9.26. The van der Waals surface area contributed by atoms with Crippen molar-refractivity contribution >= 4 is 0 Å². The molecule has 3 nitrogen and oxygen atoms in total. The molecule has 1 atom stereocenters. The maximum Gasteiger partial charge on any atom is 0.244 e. The third-order valence-corrected chi connectivity index (χ3v) is 1.90. The fourth-order valence-electron chi connectivity index (χ4n) is 1.33. The average molecular weight is 180 g/mol. The molecule has 2 rings (SSSR count). The number of hydrogen-bond donors (Lipinski definition) is 1. The van der Waals surface area contributed by atoms with Gasteiger partial charge in [0, 0.05) is 6.42 Å². The third-order valence-electron chi connectivity index (χ3n) is 1.90. The first kappa shape index (κ1) is 8.38. The maximum absolute atomic E-state index is 9.13. The molecule has 1 unspecified atom stereocenters. The molecule has 0 aromatic heterocycles. The van der Waals surface area contributed by atoms with Crippen LogP contribution in [0.1, 0.15) is 13.3 Å². The van der Waals surface area contributed by atoms with Crippen LogP contribution in [0.5, 0.6) is 11.5 Å². The number of aliphatic hydroxyl groups excluding tert-OH is 1. The van der Waals surface area contributed by atoms with E-state index in [0.717, 1.165) is 11.5 Å². The summed E-state index contributed by atoms with van der Waals surface area (Å²) in [6.07, 6.45) is -0.244. The summed E-state index contributed by atoms with van der Waals surface area (Å²) < 4.78 is 10.9. The van der Waals surface area contributed by atoms with E-state index in [1.165, 1.54) is 0 Å². The summed E-state index contributed by atoms with van der Waals surface area (Å²) >= 11 is 0. The lowest BCUT2D eigenvalue weighted by atomic mass is 10.3. The normalized spacial score (nSPS) is 17.4. The zero-order valence-electron chi connectivity index (χ0n) is 7.43. The molecule has 70 valence electrons. The Balaban J connectivity index is 2.05. The molecule has 0 aliphatic carbocycles. The third kappa shape index (κ3) is 1.75. The van der Waals surface area contributed by atoms with Gasteiger partial charge in [-0.25, -0.2) is 0 Å². The van der Waals surface area contributed by atoms with Gasteiger partial charge in [0.1, 0.15) is 0 Å². The van der Waals surface area contributed by atoms with Crippen LogP contribution in [0.15, 0.2) is 24.3 Å². The molecule has 0 saturated carbocycles. The number of rotatable bonds is 2. The Labute approximate surface area is 76.9 Å². The summed E-state index contributed by atoms with van der Waals surface area (Å²) in [5.41, 5.74) is 0. The standard InChI is InChI=1S/C10H12O3/c1-7(11)6-10-12-8-4-2-3-5-9(8)13-10/h2-5,7,10-11H,6H2,1H3. The van der Waals surface area contributed by atoms with Crippen molar-refractivity contribution in [3.8, 4) is 11.5 Å². The molecular formula is C10H12O3. The van der Waals surface area contributed by atoms with Gasteiger partial charge in [-0.05, 0) is 19.1 Å². The van der Waals surface area contributed by atoms with Gasteiger partial charge in [0.25, 0.3) is 0 Å². The van der Waals surface area contributed by atoms with Crippen molar-refractivity contribution in [2.45, 2.75) is 25.7 Å². The molecule has 13 heavy (non-hydrogen) atoms. The van der Waals surface area contributed by atoms with E-state index in [4.69, 9.17) is 14.6 Å². The maximum atomic E-state index is 9.13. The minimum atomic E-state index is -0.403. The van der Waals surface area contributed by atoms with Crippen LogP contribution in [0, 0.1) is 0 Å². The van der Waals surface area contributed by atoms with Gasteiger partial charge in [-0.15, -0.1) is 0 Å². The zero-order valence-corrected chi connectivity index (χ0v) is 7.43. The first-order chi connectivity index (χ1) is 6.25. The first-order valence-corrected chi connectivity index (χ1v) is 4.36. The van der Waals surface area contributed by atoms with E-state index >= 15 is 0 Å². The van der Waals surface area contributed by atoms with E-state index in [0.29, 0.717) is 6.42 Å². The van der Waals surface area contributed by atoms with Crippen molar-refractivity contribution < 1.29 is 14.6 Å². The lowest BCUT2D eigenvalue weighted by Gasteiger charge is -2.11. The molecule has 0 amide bonds. The number of fused-ring (bicyclic) bond motifs is 1. The fourth-order valence-corrected chi connectivity index (χ4v) is 1.33. The van der Waals surface area contributed by atoms with Gasteiger partial charge in [0.2, 0.25) is 6.29 Å². The van der Waals surface area contributed by atoms with E-state index in [9.17, 15) is 0 Å². The minimum Gasteiger partial charge on any atom is -0.451 e. The van der Waals surface area contributed by atoms with Gasteiger partial charge in [0.15, 0.2) is 11.5 Å². The molecule has 1 heterocycles. The van der Waals surface area contributed by atoms with Gasteiger partial charge < -0.3 is 14.6 Å². The van der Waals surface area contributed by atoms with Gasteiger partial charge in [0.05, 0.1) is 6.10 Å². The topological polar surface area (TPSA) is 38.7 Å². The van der Waals surface area contributed by atoms with E-state index in [-0.39, 0.29) is 6.29 Å². The summed E-state index contributed by atoms with van der Waals surface area (Å²) in [5.74, 6) is 1.52. The number of hydrogen-bond acceptors (Lipinski definition) is 3.